The lowest BCUT2D eigenvalue weighted by molar-refractivity contribution is 0.0758. The quantitative estimate of drug-likeness (QED) is 0.481. The topological polar surface area (TPSA) is 62.6 Å². The van der Waals surface area contributed by atoms with Gasteiger partial charge in [0.15, 0.2) is 0 Å². The Morgan fingerprint density at radius 3 is 2.41 bits per heavy atom. The third-order valence-corrected chi connectivity index (χ3v) is 7.82. The zero-order valence-electron chi connectivity index (χ0n) is 20.3. The molecule has 0 bridgehead atoms. The summed E-state index contributed by atoms with van der Waals surface area (Å²) in [5.41, 5.74) is -0.310. The molecule has 3 heterocycles. The van der Waals surface area contributed by atoms with Crippen molar-refractivity contribution < 1.29 is 9.59 Å². The Kier molecular flexibility index (Phi) is 7.51. The van der Waals surface area contributed by atoms with Gasteiger partial charge in [0.2, 0.25) is 5.43 Å². The maximum Gasteiger partial charge on any atom is 0.259 e. The third kappa shape index (κ3) is 5.09. The van der Waals surface area contributed by atoms with E-state index in [2.05, 4.69) is 18.2 Å². The first kappa shape index (κ1) is 24.2. The number of benzene rings is 1. The van der Waals surface area contributed by atoms with E-state index in [0.29, 0.717) is 19.6 Å². The van der Waals surface area contributed by atoms with Crippen molar-refractivity contribution in [3.63, 3.8) is 0 Å². The van der Waals surface area contributed by atoms with Gasteiger partial charge in [0.1, 0.15) is 11.1 Å². The standard InChI is InChI=1S/C27H33N3O3S/c1-4-19(2)30-17-22(25(31)23(18-30)27(33)29-13-9-5-6-10-14-29)26(32)28(3)16-21-15-20-11-7-8-12-24(20)34-21/h7-8,11-12,15,17-19H,4-6,9-10,13-14,16H2,1-3H3/t19-/m1/s1. The Labute approximate surface area is 204 Å². The smallest absolute Gasteiger partial charge is 0.259 e. The Hall–Kier alpha value is -2.93. The molecular formula is C27H33N3O3S. The summed E-state index contributed by atoms with van der Waals surface area (Å²) in [7, 11) is 1.71. The van der Waals surface area contributed by atoms with Crippen LogP contribution in [0.4, 0.5) is 0 Å². The van der Waals surface area contributed by atoms with Crippen molar-refractivity contribution >= 4 is 33.2 Å². The molecule has 0 N–H and O–H groups in total. The van der Waals surface area contributed by atoms with Crippen LogP contribution < -0.4 is 5.43 Å². The van der Waals surface area contributed by atoms with Crippen molar-refractivity contribution in [2.45, 2.75) is 58.5 Å². The van der Waals surface area contributed by atoms with Crippen LogP contribution in [0.3, 0.4) is 0 Å². The van der Waals surface area contributed by atoms with Gasteiger partial charge in [-0.3, -0.25) is 14.4 Å². The van der Waals surface area contributed by atoms with Gasteiger partial charge in [-0.25, -0.2) is 0 Å². The van der Waals surface area contributed by atoms with E-state index in [1.807, 2.05) is 30.5 Å². The number of fused-ring (bicyclic) bond motifs is 1. The SMILES string of the molecule is CC[C@@H](C)n1cc(C(=O)N(C)Cc2cc3ccccc3s2)c(=O)c(C(=O)N2CCCCCC2)c1. The van der Waals surface area contributed by atoms with E-state index in [0.717, 1.165) is 42.4 Å². The number of amides is 2. The van der Waals surface area contributed by atoms with Gasteiger partial charge in [-0.1, -0.05) is 38.0 Å². The van der Waals surface area contributed by atoms with Crippen LogP contribution in [0.1, 0.15) is 77.6 Å². The molecule has 34 heavy (non-hydrogen) atoms. The number of thiophene rings is 1. The molecule has 0 radical (unpaired) electrons. The van der Waals surface area contributed by atoms with Crippen molar-refractivity contribution in [2.75, 3.05) is 20.1 Å². The van der Waals surface area contributed by atoms with E-state index in [1.54, 1.807) is 40.6 Å². The largest absolute Gasteiger partial charge is 0.350 e. The highest BCUT2D eigenvalue weighted by atomic mass is 32.1. The summed E-state index contributed by atoms with van der Waals surface area (Å²) in [6.45, 7) is 5.80. The van der Waals surface area contributed by atoms with Crippen molar-refractivity contribution in [1.82, 2.24) is 14.4 Å². The fourth-order valence-electron chi connectivity index (χ4n) is 4.44. The molecule has 4 rings (SSSR count). The number of hydrogen-bond donors (Lipinski definition) is 0. The lowest BCUT2D eigenvalue weighted by Crippen LogP contribution is -2.38. The maximum atomic E-state index is 13.4. The monoisotopic (exact) mass is 479 g/mol. The molecule has 1 aliphatic rings. The van der Waals surface area contributed by atoms with Crippen LogP contribution >= 0.6 is 11.3 Å². The van der Waals surface area contributed by atoms with Crippen molar-refractivity contribution in [3.8, 4) is 0 Å². The highest BCUT2D eigenvalue weighted by Crippen LogP contribution is 2.26. The molecule has 0 unspecified atom stereocenters. The zero-order chi connectivity index (χ0) is 24.2. The summed E-state index contributed by atoms with van der Waals surface area (Å²) in [6.07, 6.45) is 8.19. The number of nitrogens with zero attached hydrogens (tertiary/aromatic N) is 3. The Morgan fingerprint density at radius 1 is 1.06 bits per heavy atom. The predicted octanol–water partition coefficient (Wildman–Crippen LogP) is 5.32. The Bertz CT molecular complexity index is 1200. The van der Waals surface area contributed by atoms with Crippen LogP contribution in [0.25, 0.3) is 10.1 Å². The zero-order valence-corrected chi connectivity index (χ0v) is 21.1. The van der Waals surface area contributed by atoms with E-state index < -0.39 is 5.43 Å². The molecule has 1 atom stereocenters. The minimum absolute atomic E-state index is 0.0598. The number of likely N-dealkylation sites (tertiary alicyclic amines) is 1. The van der Waals surface area contributed by atoms with Gasteiger partial charge in [0, 0.05) is 48.1 Å². The molecule has 0 spiro atoms. The number of hydrogen-bond acceptors (Lipinski definition) is 4. The van der Waals surface area contributed by atoms with Gasteiger partial charge in [-0.05, 0) is 43.7 Å². The summed E-state index contributed by atoms with van der Waals surface area (Å²) < 4.78 is 3.02. The predicted molar refractivity (Wildman–Crippen MR) is 138 cm³/mol. The summed E-state index contributed by atoms with van der Waals surface area (Å²) in [5, 5.41) is 1.15. The molecule has 0 aliphatic carbocycles. The second-order valence-electron chi connectivity index (χ2n) is 9.24. The highest BCUT2D eigenvalue weighted by Gasteiger charge is 2.26. The number of carbonyl (C=O) groups excluding carboxylic acids is 2. The van der Waals surface area contributed by atoms with Gasteiger partial charge in [0.05, 0.1) is 6.54 Å². The molecule has 3 aromatic rings. The molecule has 7 heteroatoms. The minimum Gasteiger partial charge on any atom is -0.350 e. The van der Waals surface area contributed by atoms with E-state index in [-0.39, 0.29) is 29.0 Å². The molecule has 1 aliphatic heterocycles. The number of rotatable bonds is 6. The molecule has 1 fully saturated rings. The second kappa shape index (κ2) is 10.6. The van der Waals surface area contributed by atoms with E-state index in [4.69, 9.17) is 0 Å². The average Bonchev–Trinajstić information content (AvgIpc) is 3.05. The summed E-state index contributed by atoms with van der Waals surface area (Å²) in [5.74, 6) is -0.615. The lowest BCUT2D eigenvalue weighted by Gasteiger charge is -2.23. The molecule has 6 nitrogen and oxygen atoms in total. The van der Waals surface area contributed by atoms with Gasteiger partial charge in [-0.2, -0.15) is 0 Å². The summed E-state index contributed by atoms with van der Waals surface area (Å²) >= 11 is 1.64. The number of aromatic nitrogens is 1. The van der Waals surface area contributed by atoms with Gasteiger partial charge < -0.3 is 14.4 Å². The van der Waals surface area contributed by atoms with E-state index in [1.165, 1.54) is 4.70 Å². The molecule has 2 amide bonds. The van der Waals surface area contributed by atoms with E-state index in [9.17, 15) is 14.4 Å². The Morgan fingerprint density at radius 2 is 1.74 bits per heavy atom. The first-order valence-corrected chi connectivity index (χ1v) is 13.0. The van der Waals surface area contributed by atoms with Gasteiger partial charge >= 0.3 is 0 Å². The average molecular weight is 480 g/mol. The third-order valence-electron chi connectivity index (χ3n) is 6.72. The molecule has 180 valence electrons. The number of carbonyl (C=O) groups is 2. The fourth-order valence-corrected chi connectivity index (χ4v) is 5.56. The van der Waals surface area contributed by atoms with Crippen LogP contribution in [0, 0.1) is 0 Å². The lowest BCUT2D eigenvalue weighted by atomic mass is 10.1. The van der Waals surface area contributed by atoms with Crippen LogP contribution in [0.2, 0.25) is 0 Å². The maximum absolute atomic E-state index is 13.4. The van der Waals surface area contributed by atoms with E-state index >= 15 is 0 Å². The van der Waals surface area contributed by atoms with Crippen LogP contribution in [-0.4, -0.2) is 46.3 Å². The van der Waals surface area contributed by atoms with Gasteiger partial charge in [0.25, 0.3) is 11.8 Å². The number of pyridine rings is 1. The molecular weight excluding hydrogens is 446 g/mol. The van der Waals surface area contributed by atoms with Crippen LogP contribution in [0.5, 0.6) is 0 Å². The highest BCUT2D eigenvalue weighted by molar-refractivity contribution is 7.19. The fraction of sp³-hybridized carbons (Fsp3) is 0.444. The molecule has 1 saturated heterocycles. The van der Waals surface area contributed by atoms with Gasteiger partial charge in [-0.15, -0.1) is 11.3 Å². The molecule has 1 aromatic carbocycles. The summed E-state index contributed by atoms with van der Waals surface area (Å²) in [6, 6.07) is 10.3. The van der Waals surface area contributed by atoms with Crippen LogP contribution in [0.15, 0.2) is 47.5 Å². The first-order valence-electron chi connectivity index (χ1n) is 12.2. The normalized spacial score (nSPS) is 15.2. The van der Waals surface area contributed by atoms with Crippen molar-refractivity contribution in [3.05, 3.63) is 69.0 Å². The second-order valence-corrected chi connectivity index (χ2v) is 10.4. The minimum atomic E-state index is -0.470. The molecule has 0 saturated carbocycles. The van der Waals surface area contributed by atoms with Crippen molar-refractivity contribution in [2.24, 2.45) is 0 Å². The first-order chi connectivity index (χ1) is 16.4. The molecule has 2 aromatic heterocycles. The van der Waals surface area contributed by atoms with Crippen LogP contribution in [-0.2, 0) is 6.54 Å². The van der Waals surface area contributed by atoms with Crippen molar-refractivity contribution in [1.29, 1.82) is 0 Å². The Balaban J connectivity index is 1.66. The summed E-state index contributed by atoms with van der Waals surface area (Å²) in [4.78, 5) is 44.6.